The first-order chi connectivity index (χ1) is 13.7. The van der Waals surface area contributed by atoms with Crippen molar-refractivity contribution in [2.75, 3.05) is 25.5 Å². The number of carbonyl (C=O) groups is 2. The second-order valence-electron chi connectivity index (χ2n) is 7.01. The number of amides is 1. The van der Waals surface area contributed by atoms with Crippen molar-refractivity contribution in [3.63, 3.8) is 0 Å². The molecule has 2 heterocycles. The van der Waals surface area contributed by atoms with E-state index >= 15 is 0 Å². The predicted octanol–water partition coefficient (Wildman–Crippen LogP) is 2.91. The maximum atomic E-state index is 12.8. The first kappa shape index (κ1) is 21.4. The van der Waals surface area contributed by atoms with E-state index in [0.717, 1.165) is 24.2 Å². The van der Waals surface area contributed by atoms with E-state index in [9.17, 15) is 18.0 Å². The molecule has 0 radical (unpaired) electrons. The Bertz CT molecular complexity index is 1010. The van der Waals surface area contributed by atoms with Crippen molar-refractivity contribution in [3.05, 3.63) is 40.4 Å². The number of sulfonamides is 1. The average Bonchev–Trinajstić information content (AvgIpc) is 3.07. The number of hydrogen-bond donors (Lipinski definition) is 1. The van der Waals surface area contributed by atoms with E-state index in [1.165, 1.54) is 35.7 Å². The fourth-order valence-corrected chi connectivity index (χ4v) is 5.67. The monoisotopic (exact) mass is 437 g/mol. The Labute approximate surface area is 173 Å². The molecule has 3 rings (SSSR count). The van der Waals surface area contributed by atoms with Gasteiger partial charge in [-0.1, -0.05) is 18.3 Å². The molecule has 10 heteroatoms. The quantitative estimate of drug-likeness (QED) is 0.721. The number of methoxy groups -OCH3 is 1. The largest absolute Gasteiger partial charge is 0.465 e. The molecule has 1 aliphatic rings. The average molecular weight is 438 g/mol. The molecule has 1 aromatic heterocycles. The summed E-state index contributed by atoms with van der Waals surface area (Å²) in [6.07, 6.45) is 1.88. The second kappa shape index (κ2) is 8.60. The minimum atomic E-state index is -3.57. The maximum absolute atomic E-state index is 12.8. The van der Waals surface area contributed by atoms with Gasteiger partial charge >= 0.3 is 5.97 Å². The van der Waals surface area contributed by atoms with Gasteiger partial charge in [0.25, 0.3) is 5.91 Å². The number of esters is 1. The van der Waals surface area contributed by atoms with Crippen LogP contribution < -0.4 is 5.32 Å². The standard InChI is InChI=1S/C19H23N3O5S2/c1-12-5-4-10-22(11-12)29(25,26)15-8-6-14(7-9-15)17(23)21-19-20-13(2)16(28-19)18(24)27-3/h6-9,12H,4-5,10-11H2,1-3H3,(H,20,21,23). The predicted molar refractivity (Wildman–Crippen MR) is 110 cm³/mol. The van der Waals surface area contributed by atoms with Crippen LogP contribution in [0.3, 0.4) is 0 Å². The lowest BCUT2D eigenvalue weighted by atomic mass is 10.0. The molecular formula is C19H23N3O5S2. The summed E-state index contributed by atoms with van der Waals surface area (Å²) in [6.45, 7) is 4.72. The van der Waals surface area contributed by atoms with Crippen LogP contribution in [0.1, 0.15) is 45.5 Å². The first-order valence-electron chi connectivity index (χ1n) is 9.19. The van der Waals surface area contributed by atoms with Crippen molar-refractivity contribution in [2.24, 2.45) is 5.92 Å². The molecule has 1 fully saturated rings. The minimum absolute atomic E-state index is 0.168. The number of thiazole rings is 1. The summed E-state index contributed by atoms with van der Waals surface area (Å²) in [7, 11) is -2.29. The molecule has 0 aliphatic carbocycles. The molecule has 1 saturated heterocycles. The van der Waals surface area contributed by atoms with Crippen LogP contribution in [0.5, 0.6) is 0 Å². The molecule has 1 amide bonds. The summed E-state index contributed by atoms with van der Waals surface area (Å²) in [6, 6.07) is 5.82. The summed E-state index contributed by atoms with van der Waals surface area (Å²) in [5.74, 6) is -0.618. The third kappa shape index (κ3) is 4.65. The van der Waals surface area contributed by atoms with E-state index in [-0.39, 0.29) is 10.0 Å². The molecule has 0 saturated carbocycles. The number of piperidine rings is 1. The van der Waals surface area contributed by atoms with Crippen molar-refractivity contribution < 1.29 is 22.7 Å². The van der Waals surface area contributed by atoms with Crippen LogP contribution in [-0.2, 0) is 14.8 Å². The fourth-order valence-electron chi connectivity index (χ4n) is 3.19. The molecule has 0 spiro atoms. The highest BCUT2D eigenvalue weighted by Gasteiger charge is 2.28. The van der Waals surface area contributed by atoms with Crippen molar-refractivity contribution in [3.8, 4) is 0 Å². The summed E-state index contributed by atoms with van der Waals surface area (Å²) in [5, 5.41) is 2.90. The van der Waals surface area contributed by atoms with Crippen LogP contribution in [0.2, 0.25) is 0 Å². The number of aryl methyl sites for hydroxylation is 1. The lowest BCUT2D eigenvalue weighted by Crippen LogP contribution is -2.39. The normalized spacial score (nSPS) is 17.7. The number of carbonyl (C=O) groups excluding carboxylic acids is 2. The van der Waals surface area contributed by atoms with Gasteiger partial charge in [0.2, 0.25) is 10.0 Å². The van der Waals surface area contributed by atoms with Gasteiger partial charge in [0.05, 0.1) is 17.7 Å². The molecule has 1 atom stereocenters. The number of aromatic nitrogens is 1. The highest BCUT2D eigenvalue weighted by atomic mass is 32.2. The Hall–Kier alpha value is -2.30. The zero-order valence-electron chi connectivity index (χ0n) is 16.5. The molecule has 156 valence electrons. The maximum Gasteiger partial charge on any atom is 0.350 e. The van der Waals surface area contributed by atoms with Gasteiger partial charge < -0.3 is 4.74 Å². The van der Waals surface area contributed by atoms with Gasteiger partial charge in [-0.2, -0.15) is 4.31 Å². The summed E-state index contributed by atoms with van der Waals surface area (Å²) in [5.41, 5.74) is 0.762. The third-order valence-electron chi connectivity index (χ3n) is 4.76. The SMILES string of the molecule is COC(=O)c1sc(NC(=O)c2ccc(S(=O)(=O)N3CCCC(C)C3)cc2)nc1C. The highest BCUT2D eigenvalue weighted by molar-refractivity contribution is 7.89. The molecule has 29 heavy (non-hydrogen) atoms. The van der Waals surface area contributed by atoms with Gasteiger partial charge in [-0.3, -0.25) is 10.1 Å². The smallest absolute Gasteiger partial charge is 0.350 e. The van der Waals surface area contributed by atoms with E-state index in [1.807, 2.05) is 6.92 Å². The summed E-state index contributed by atoms with van der Waals surface area (Å²) >= 11 is 1.02. The van der Waals surface area contributed by atoms with Gasteiger partial charge in [0, 0.05) is 18.7 Å². The minimum Gasteiger partial charge on any atom is -0.465 e. The van der Waals surface area contributed by atoms with Crippen molar-refractivity contribution in [2.45, 2.75) is 31.6 Å². The Morgan fingerprint density at radius 1 is 1.28 bits per heavy atom. The van der Waals surface area contributed by atoms with E-state index in [4.69, 9.17) is 0 Å². The Morgan fingerprint density at radius 3 is 2.59 bits per heavy atom. The van der Waals surface area contributed by atoms with E-state index in [0.29, 0.717) is 35.1 Å². The van der Waals surface area contributed by atoms with Gasteiger partial charge in [0.15, 0.2) is 5.13 Å². The molecule has 1 N–H and O–H groups in total. The van der Waals surface area contributed by atoms with Crippen LogP contribution in [0.25, 0.3) is 0 Å². The van der Waals surface area contributed by atoms with Crippen molar-refractivity contribution in [1.82, 2.24) is 9.29 Å². The zero-order chi connectivity index (χ0) is 21.2. The van der Waals surface area contributed by atoms with Crippen LogP contribution >= 0.6 is 11.3 Å². The lowest BCUT2D eigenvalue weighted by molar-refractivity contribution is 0.0605. The third-order valence-corrected chi connectivity index (χ3v) is 7.69. The molecule has 2 aromatic rings. The number of nitrogens with zero attached hydrogens (tertiary/aromatic N) is 2. The Balaban J connectivity index is 1.73. The Morgan fingerprint density at radius 2 is 1.97 bits per heavy atom. The first-order valence-corrected chi connectivity index (χ1v) is 11.5. The molecular weight excluding hydrogens is 414 g/mol. The van der Waals surface area contributed by atoms with E-state index in [2.05, 4.69) is 15.0 Å². The van der Waals surface area contributed by atoms with E-state index < -0.39 is 21.9 Å². The number of rotatable bonds is 5. The topological polar surface area (TPSA) is 106 Å². The fraction of sp³-hybridized carbons (Fsp3) is 0.421. The van der Waals surface area contributed by atoms with Crippen LogP contribution in [0.15, 0.2) is 29.2 Å². The molecule has 1 unspecified atom stereocenters. The van der Waals surface area contributed by atoms with Crippen LogP contribution in [0, 0.1) is 12.8 Å². The van der Waals surface area contributed by atoms with Crippen molar-refractivity contribution >= 4 is 38.4 Å². The number of hydrogen-bond acceptors (Lipinski definition) is 7. The molecule has 0 bridgehead atoms. The van der Waals surface area contributed by atoms with Gasteiger partial charge in [-0.15, -0.1) is 0 Å². The van der Waals surface area contributed by atoms with E-state index in [1.54, 1.807) is 6.92 Å². The number of anilines is 1. The van der Waals surface area contributed by atoms with Gasteiger partial charge in [-0.25, -0.2) is 18.2 Å². The lowest BCUT2D eigenvalue weighted by Gasteiger charge is -2.30. The number of ether oxygens (including phenoxy) is 1. The molecule has 1 aromatic carbocycles. The van der Waals surface area contributed by atoms with Gasteiger partial charge in [0.1, 0.15) is 4.88 Å². The molecule has 1 aliphatic heterocycles. The summed E-state index contributed by atoms with van der Waals surface area (Å²) < 4.78 is 31.8. The van der Waals surface area contributed by atoms with Gasteiger partial charge in [-0.05, 0) is 49.9 Å². The van der Waals surface area contributed by atoms with Crippen LogP contribution in [0.4, 0.5) is 5.13 Å². The second-order valence-corrected chi connectivity index (χ2v) is 9.95. The van der Waals surface area contributed by atoms with Crippen LogP contribution in [-0.4, -0.2) is 49.8 Å². The van der Waals surface area contributed by atoms with Crippen molar-refractivity contribution in [1.29, 1.82) is 0 Å². The number of nitrogens with one attached hydrogen (secondary N) is 1. The number of benzene rings is 1. The highest BCUT2D eigenvalue weighted by Crippen LogP contribution is 2.25. The zero-order valence-corrected chi connectivity index (χ0v) is 18.1. The summed E-state index contributed by atoms with van der Waals surface area (Å²) in [4.78, 5) is 28.8. The Kier molecular flexibility index (Phi) is 6.35. The molecule has 8 nitrogen and oxygen atoms in total.